The second kappa shape index (κ2) is 8.05. The van der Waals surface area contributed by atoms with Crippen LogP contribution in [0.1, 0.15) is 45.6 Å². The van der Waals surface area contributed by atoms with E-state index >= 15 is 0 Å². The largest absolute Gasteiger partial charge is 0.496 e. The first kappa shape index (κ1) is 15.8. The number of methoxy groups -OCH3 is 1. The van der Waals surface area contributed by atoms with Crippen molar-refractivity contribution in [1.29, 1.82) is 0 Å². The monoisotopic (exact) mass is 264 g/mol. The topological polar surface area (TPSA) is 38.5 Å². The van der Waals surface area contributed by atoms with Crippen molar-refractivity contribution in [3.8, 4) is 5.75 Å². The van der Waals surface area contributed by atoms with Gasteiger partial charge in [0, 0.05) is 29.9 Å². The molecule has 3 heteroatoms. The number of hydrogen-bond acceptors (Lipinski definition) is 3. The van der Waals surface area contributed by atoms with Crippen molar-refractivity contribution < 1.29 is 4.74 Å². The third kappa shape index (κ3) is 5.11. The Morgan fingerprint density at radius 1 is 1.26 bits per heavy atom. The number of hydrogen-bond donors (Lipinski definition) is 1. The number of benzene rings is 1. The van der Waals surface area contributed by atoms with Gasteiger partial charge < -0.3 is 10.5 Å². The number of anilines is 1. The van der Waals surface area contributed by atoms with E-state index in [1.165, 1.54) is 24.8 Å². The summed E-state index contributed by atoms with van der Waals surface area (Å²) in [6.07, 6.45) is 3.81. The Bertz CT molecular complexity index is 377. The predicted molar refractivity (Wildman–Crippen MR) is 82.5 cm³/mol. The molecule has 1 rings (SSSR count). The lowest BCUT2D eigenvalue weighted by Gasteiger charge is -2.27. The molecule has 0 aliphatic carbocycles. The van der Waals surface area contributed by atoms with Crippen LogP contribution in [0.2, 0.25) is 0 Å². The zero-order valence-electron chi connectivity index (χ0n) is 12.8. The van der Waals surface area contributed by atoms with Gasteiger partial charge in [-0.3, -0.25) is 4.90 Å². The van der Waals surface area contributed by atoms with Gasteiger partial charge in [-0.05, 0) is 32.9 Å². The Hall–Kier alpha value is -1.22. The van der Waals surface area contributed by atoms with Gasteiger partial charge in [-0.15, -0.1) is 0 Å². The summed E-state index contributed by atoms with van der Waals surface area (Å²) in [5.74, 6) is 0.890. The van der Waals surface area contributed by atoms with E-state index in [1.54, 1.807) is 7.11 Å². The van der Waals surface area contributed by atoms with Gasteiger partial charge in [0.15, 0.2) is 0 Å². The number of nitrogen functional groups attached to an aromatic ring is 1. The Kier molecular flexibility index (Phi) is 6.71. The Balaban J connectivity index is 2.72. The number of nitrogens with two attached hydrogens (primary N) is 1. The molecular weight excluding hydrogens is 236 g/mol. The van der Waals surface area contributed by atoms with E-state index in [1.807, 2.05) is 12.1 Å². The highest BCUT2D eigenvalue weighted by molar-refractivity contribution is 5.48. The minimum absolute atomic E-state index is 0.541. The van der Waals surface area contributed by atoms with Gasteiger partial charge in [0.2, 0.25) is 0 Å². The molecule has 0 aromatic heterocycles. The average molecular weight is 264 g/mol. The molecule has 108 valence electrons. The van der Waals surface area contributed by atoms with Crippen LogP contribution in [0, 0.1) is 0 Å². The summed E-state index contributed by atoms with van der Waals surface area (Å²) in [4.78, 5) is 2.49. The Morgan fingerprint density at radius 3 is 2.58 bits per heavy atom. The second-order valence-electron chi connectivity index (χ2n) is 5.34. The van der Waals surface area contributed by atoms with Crippen LogP contribution in [0.25, 0.3) is 0 Å². The lowest BCUT2D eigenvalue weighted by atomic mass is 10.1. The lowest BCUT2D eigenvalue weighted by molar-refractivity contribution is 0.206. The minimum Gasteiger partial charge on any atom is -0.496 e. The molecule has 0 aliphatic heterocycles. The fourth-order valence-corrected chi connectivity index (χ4v) is 2.20. The van der Waals surface area contributed by atoms with Crippen LogP contribution in [0.15, 0.2) is 18.2 Å². The molecule has 3 nitrogen and oxygen atoms in total. The molecule has 19 heavy (non-hydrogen) atoms. The van der Waals surface area contributed by atoms with E-state index in [-0.39, 0.29) is 0 Å². The third-order valence-corrected chi connectivity index (χ3v) is 3.46. The minimum atomic E-state index is 0.541. The van der Waals surface area contributed by atoms with Gasteiger partial charge >= 0.3 is 0 Å². The molecule has 0 saturated carbocycles. The Morgan fingerprint density at radius 2 is 2.00 bits per heavy atom. The van der Waals surface area contributed by atoms with Crippen molar-refractivity contribution in [3.63, 3.8) is 0 Å². The van der Waals surface area contributed by atoms with E-state index in [9.17, 15) is 0 Å². The van der Waals surface area contributed by atoms with E-state index in [0.717, 1.165) is 24.5 Å². The third-order valence-electron chi connectivity index (χ3n) is 3.46. The van der Waals surface area contributed by atoms with Crippen molar-refractivity contribution in [3.05, 3.63) is 23.8 Å². The molecule has 0 unspecified atom stereocenters. The predicted octanol–water partition coefficient (Wildman–Crippen LogP) is 3.68. The normalized spacial score (nSPS) is 11.3. The van der Waals surface area contributed by atoms with Crippen LogP contribution in [-0.4, -0.2) is 24.6 Å². The maximum atomic E-state index is 5.80. The summed E-state index contributed by atoms with van der Waals surface area (Å²) in [7, 11) is 1.70. The zero-order valence-corrected chi connectivity index (χ0v) is 12.8. The van der Waals surface area contributed by atoms with Crippen molar-refractivity contribution in [2.24, 2.45) is 0 Å². The number of ether oxygens (including phenoxy) is 1. The fourth-order valence-electron chi connectivity index (χ4n) is 2.20. The molecule has 0 bridgehead atoms. The first-order valence-electron chi connectivity index (χ1n) is 7.25. The first-order valence-corrected chi connectivity index (χ1v) is 7.25. The van der Waals surface area contributed by atoms with Crippen LogP contribution in [0.4, 0.5) is 5.69 Å². The molecule has 0 fully saturated rings. The molecular formula is C16H28N2O. The summed E-state index contributed by atoms with van der Waals surface area (Å²) in [6, 6.07) is 6.46. The van der Waals surface area contributed by atoms with E-state index in [4.69, 9.17) is 10.5 Å². The van der Waals surface area contributed by atoms with Crippen LogP contribution < -0.4 is 10.5 Å². The molecule has 0 heterocycles. The quantitative estimate of drug-likeness (QED) is 0.575. The molecule has 0 amide bonds. The standard InChI is InChI=1S/C16H28N2O/c1-5-6-7-10-18(13(2)3)12-14-8-9-15(17)11-16(14)19-4/h8-9,11,13H,5-7,10,12,17H2,1-4H3. The number of unbranched alkanes of at least 4 members (excludes halogenated alkanes) is 2. The maximum absolute atomic E-state index is 5.80. The number of rotatable bonds is 8. The summed E-state index contributed by atoms with van der Waals surface area (Å²) < 4.78 is 5.43. The molecule has 2 N–H and O–H groups in total. The second-order valence-corrected chi connectivity index (χ2v) is 5.34. The van der Waals surface area contributed by atoms with Gasteiger partial charge in [0.1, 0.15) is 5.75 Å². The zero-order chi connectivity index (χ0) is 14.3. The van der Waals surface area contributed by atoms with E-state index in [0.29, 0.717) is 6.04 Å². The summed E-state index contributed by atoms with van der Waals surface area (Å²) in [6.45, 7) is 8.79. The van der Waals surface area contributed by atoms with Crippen LogP contribution in [0.5, 0.6) is 5.75 Å². The van der Waals surface area contributed by atoms with E-state index in [2.05, 4.69) is 31.7 Å². The SMILES string of the molecule is CCCCCN(Cc1ccc(N)cc1OC)C(C)C. The molecule has 0 saturated heterocycles. The smallest absolute Gasteiger partial charge is 0.125 e. The van der Waals surface area contributed by atoms with Crippen molar-refractivity contribution in [1.82, 2.24) is 4.90 Å². The van der Waals surface area contributed by atoms with Crippen LogP contribution in [0.3, 0.4) is 0 Å². The lowest BCUT2D eigenvalue weighted by Crippen LogP contribution is -2.31. The molecule has 0 radical (unpaired) electrons. The van der Waals surface area contributed by atoms with Crippen molar-refractivity contribution >= 4 is 5.69 Å². The summed E-state index contributed by atoms with van der Waals surface area (Å²) >= 11 is 0. The summed E-state index contributed by atoms with van der Waals surface area (Å²) in [5.41, 5.74) is 7.76. The highest BCUT2D eigenvalue weighted by Gasteiger charge is 2.12. The maximum Gasteiger partial charge on any atom is 0.125 e. The first-order chi connectivity index (χ1) is 9.08. The van der Waals surface area contributed by atoms with Gasteiger partial charge in [-0.1, -0.05) is 25.8 Å². The molecule has 1 aromatic carbocycles. The molecule has 0 aliphatic rings. The van der Waals surface area contributed by atoms with Gasteiger partial charge in [0.05, 0.1) is 7.11 Å². The highest BCUT2D eigenvalue weighted by atomic mass is 16.5. The fraction of sp³-hybridized carbons (Fsp3) is 0.625. The van der Waals surface area contributed by atoms with Crippen LogP contribution >= 0.6 is 0 Å². The van der Waals surface area contributed by atoms with Gasteiger partial charge in [0.25, 0.3) is 0 Å². The van der Waals surface area contributed by atoms with Gasteiger partial charge in [-0.2, -0.15) is 0 Å². The average Bonchev–Trinajstić information content (AvgIpc) is 2.39. The molecule has 1 aromatic rings. The molecule has 0 atom stereocenters. The number of nitrogens with zero attached hydrogens (tertiary/aromatic N) is 1. The van der Waals surface area contributed by atoms with Crippen LogP contribution in [-0.2, 0) is 6.54 Å². The van der Waals surface area contributed by atoms with Crippen molar-refractivity contribution in [2.45, 2.75) is 52.6 Å². The van der Waals surface area contributed by atoms with Crippen molar-refractivity contribution in [2.75, 3.05) is 19.4 Å². The Labute approximate surface area is 117 Å². The van der Waals surface area contributed by atoms with Gasteiger partial charge in [-0.25, -0.2) is 0 Å². The van der Waals surface area contributed by atoms with E-state index < -0.39 is 0 Å². The highest BCUT2D eigenvalue weighted by Crippen LogP contribution is 2.23. The molecule has 0 spiro atoms. The summed E-state index contributed by atoms with van der Waals surface area (Å²) in [5, 5.41) is 0.